The molecule has 1 aliphatic heterocycles. The predicted octanol–water partition coefficient (Wildman–Crippen LogP) is 6.12. The Morgan fingerprint density at radius 2 is 1.91 bits per heavy atom. The summed E-state index contributed by atoms with van der Waals surface area (Å²) in [6.45, 7) is 9.38. The normalized spacial score (nSPS) is 15.7. The maximum Gasteiger partial charge on any atom is 0.318 e. The van der Waals surface area contributed by atoms with E-state index in [1.54, 1.807) is 15.6 Å². The molecule has 1 unspecified atom stereocenters. The van der Waals surface area contributed by atoms with Crippen molar-refractivity contribution in [1.29, 1.82) is 0 Å². The maximum absolute atomic E-state index is 13.3. The first-order valence-corrected chi connectivity index (χ1v) is 12.3. The molecule has 35 heavy (non-hydrogen) atoms. The van der Waals surface area contributed by atoms with Crippen molar-refractivity contribution >= 4 is 17.6 Å². The Morgan fingerprint density at radius 3 is 2.57 bits per heavy atom. The molecule has 3 aromatic rings. The Bertz CT molecular complexity index is 1150. The average Bonchev–Trinajstić information content (AvgIpc) is 3.43. The molecule has 4 rings (SSSR count). The smallest absolute Gasteiger partial charge is 0.318 e. The number of hydrogen-bond acceptors (Lipinski definition) is 4. The molecule has 0 spiro atoms. The highest BCUT2D eigenvalue weighted by atomic mass is 35.5. The Kier molecular flexibility index (Phi) is 7.67. The van der Waals surface area contributed by atoms with E-state index in [1.165, 1.54) is 0 Å². The summed E-state index contributed by atoms with van der Waals surface area (Å²) in [4.78, 5) is 15.1. The highest BCUT2D eigenvalue weighted by molar-refractivity contribution is 6.32. The van der Waals surface area contributed by atoms with Crippen molar-refractivity contribution in [2.75, 3.05) is 13.2 Å². The summed E-state index contributed by atoms with van der Waals surface area (Å²) in [6, 6.07) is 17.0. The van der Waals surface area contributed by atoms with Gasteiger partial charge in [-0.25, -0.2) is 9.48 Å². The van der Waals surface area contributed by atoms with Crippen molar-refractivity contribution in [3.05, 3.63) is 70.9 Å². The average molecular weight is 497 g/mol. The van der Waals surface area contributed by atoms with Crippen LogP contribution in [0.1, 0.15) is 44.9 Å². The molecule has 0 bridgehead atoms. The second-order valence-corrected chi connectivity index (χ2v) is 10.3. The van der Waals surface area contributed by atoms with Crippen molar-refractivity contribution < 1.29 is 14.3 Å². The molecule has 1 fully saturated rings. The van der Waals surface area contributed by atoms with E-state index in [-0.39, 0.29) is 17.7 Å². The molecule has 8 heteroatoms. The molecule has 1 aromatic heterocycles. The minimum Gasteiger partial charge on any atom is -0.437 e. The minimum absolute atomic E-state index is 0.0122. The van der Waals surface area contributed by atoms with Gasteiger partial charge in [-0.15, -0.1) is 0 Å². The van der Waals surface area contributed by atoms with Gasteiger partial charge in [-0.3, -0.25) is 0 Å². The highest BCUT2D eigenvalue weighted by Gasteiger charge is 2.29. The Balaban J connectivity index is 1.73. The first kappa shape index (κ1) is 25.1. The Morgan fingerprint density at radius 1 is 1.20 bits per heavy atom. The van der Waals surface area contributed by atoms with Crippen molar-refractivity contribution in [2.45, 2.75) is 58.7 Å². The van der Waals surface area contributed by atoms with Crippen LogP contribution in [0.3, 0.4) is 0 Å². The third-order valence-corrected chi connectivity index (χ3v) is 6.06. The molecule has 1 saturated heterocycles. The zero-order valence-electron chi connectivity index (χ0n) is 20.8. The Labute approximate surface area is 212 Å². The first-order chi connectivity index (χ1) is 16.7. The molecular weight excluding hydrogens is 464 g/mol. The number of benzene rings is 2. The fourth-order valence-corrected chi connectivity index (χ4v) is 4.22. The molecule has 186 valence electrons. The van der Waals surface area contributed by atoms with Gasteiger partial charge in [0, 0.05) is 18.7 Å². The van der Waals surface area contributed by atoms with Gasteiger partial charge in [0.2, 0.25) is 5.88 Å². The summed E-state index contributed by atoms with van der Waals surface area (Å²) < 4.78 is 14.0. The topological polar surface area (TPSA) is 68.6 Å². The van der Waals surface area contributed by atoms with E-state index in [1.807, 2.05) is 76.2 Å². The predicted molar refractivity (Wildman–Crippen MR) is 137 cm³/mol. The van der Waals surface area contributed by atoms with Crippen LogP contribution in [0.5, 0.6) is 11.6 Å². The number of nitrogens with zero attached hydrogens (tertiary/aromatic N) is 3. The number of hydrogen-bond donors (Lipinski definition) is 1. The fourth-order valence-electron chi connectivity index (χ4n) is 4.05. The van der Waals surface area contributed by atoms with Crippen LogP contribution < -0.4 is 10.1 Å². The number of aromatic nitrogens is 2. The largest absolute Gasteiger partial charge is 0.437 e. The molecular formula is C27H33ClN4O3. The second-order valence-electron chi connectivity index (χ2n) is 9.84. The lowest BCUT2D eigenvalue weighted by Crippen LogP contribution is -2.50. The molecule has 0 radical (unpaired) electrons. The highest BCUT2D eigenvalue weighted by Crippen LogP contribution is 2.35. The third-order valence-electron chi connectivity index (χ3n) is 5.75. The van der Waals surface area contributed by atoms with Crippen LogP contribution in [0.25, 0.3) is 5.69 Å². The van der Waals surface area contributed by atoms with Crippen molar-refractivity contribution in [1.82, 2.24) is 20.0 Å². The van der Waals surface area contributed by atoms with Gasteiger partial charge in [0.15, 0.2) is 0 Å². The number of carbonyl (C=O) groups excluding carboxylic acids is 1. The lowest BCUT2D eigenvalue weighted by atomic mass is 10.1. The van der Waals surface area contributed by atoms with E-state index < -0.39 is 0 Å². The molecule has 2 aromatic carbocycles. The number of carbonyl (C=O) groups is 1. The van der Waals surface area contributed by atoms with Gasteiger partial charge in [0.25, 0.3) is 0 Å². The number of amides is 2. The zero-order valence-corrected chi connectivity index (χ0v) is 21.5. The first-order valence-electron chi connectivity index (χ1n) is 12.0. The van der Waals surface area contributed by atoms with Crippen LogP contribution in [0.4, 0.5) is 4.79 Å². The van der Waals surface area contributed by atoms with Gasteiger partial charge in [0.1, 0.15) is 5.75 Å². The number of urea groups is 1. The number of para-hydroxylation sites is 2. The number of rotatable bonds is 7. The lowest BCUT2D eigenvalue weighted by Gasteiger charge is -2.30. The van der Waals surface area contributed by atoms with Crippen LogP contribution in [0, 0.1) is 6.92 Å². The molecule has 1 N–H and O–H groups in total. The molecule has 7 nitrogen and oxygen atoms in total. The van der Waals surface area contributed by atoms with Crippen LogP contribution in [0.2, 0.25) is 5.02 Å². The van der Waals surface area contributed by atoms with Gasteiger partial charge >= 0.3 is 6.03 Å². The number of nitrogens with one attached hydrogen (secondary N) is 1. The number of aryl methyl sites for hydroxylation is 1. The van der Waals surface area contributed by atoms with Gasteiger partial charge in [-0.05, 0) is 64.8 Å². The molecule has 2 heterocycles. The fraction of sp³-hybridized carbons (Fsp3) is 0.407. The van der Waals surface area contributed by atoms with E-state index in [0.717, 1.165) is 36.4 Å². The summed E-state index contributed by atoms with van der Waals surface area (Å²) >= 11 is 6.43. The molecule has 1 atom stereocenters. The van der Waals surface area contributed by atoms with Crippen molar-refractivity contribution in [3.8, 4) is 17.3 Å². The standard InChI is InChI=1S/C27H33ClN4O3/c1-19-22(18-31(17-21-13-10-16-34-21)26(33)29-27(2,3)4)25(35-24-15-9-8-14-23(24)28)32(30-19)20-11-6-5-7-12-20/h5-9,11-12,14-15,21H,10,13,16-18H2,1-4H3,(H,29,33). The van der Waals surface area contributed by atoms with Crippen LogP contribution >= 0.6 is 11.6 Å². The van der Waals surface area contributed by atoms with E-state index in [2.05, 4.69) is 5.32 Å². The third kappa shape index (κ3) is 6.35. The van der Waals surface area contributed by atoms with E-state index >= 15 is 0 Å². The molecule has 0 saturated carbocycles. The summed E-state index contributed by atoms with van der Waals surface area (Å²) in [5.41, 5.74) is 2.08. The summed E-state index contributed by atoms with van der Waals surface area (Å²) in [5.74, 6) is 1.06. The van der Waals surface area contributed by atoms with Crippen LogP contribution in [-0.2, 0) is 11.3 Å². The molecule has 2 amide bonds. The van der Waals surface area contributed by atoms with Gasteiger partial charge in [-0.2, -0.15) is 5.10 Å². The number of halogens is 1. The monoisotopic (exact) mass is 496 g/mol. The molecule has 1 aliphatic rings. The van der Waals surface area contributed by atoms with E-state index in [9.17, 15) is 4.79 Å². The zero-order chi connectivity index (χ0) is 25.0. The summed E-state index contributed by atoms with van der Waals surface area (Å²) in [7, 11) is 0. The van der Waals surface area contributed by atoms with Crippen molar-refractivity contribution in [3.63, 3.8) is 0 Å². The van der Waals surface area contributed by atoms with E-state index in [0.29, 0.717) is 29.7 Å². The maximum atomic E-state index is 13.3. The lowest BCUT2D eigenvalue weighted by molar-refractivity contribution is 0.0779. The quantitative estimate of drug-likeness (QED) is 0.428. The second kappa shape index (κ2) is 10.7. The summed E-state index contributed by atoms with van der Waals surface area (Å²) in [6.07, 6.45) is 1.95. The van der Waals surface area contributed by atoms with Gasteiger partial charge in [0.05, 0.1) is 34.6 Å². The Hall–Kier alpha value is -3.03. The van der Waals surface area contributed by atoms with E-state index in [4.69, 9.17) is 26.2 Å². The van der Waals surface area contributed by atoms with Crippen molar-refractivity contribution in [2.24, 2.45) is 0 Å². The van der Waals surface area contributed by atoms with Crippen LogP contribution in [-0.4, -0.2) is 45.5 Å². The van der Waals surface area contributed by atoms with Crippen LogP contribution in [0.15, 0.2) is 54.6 Å². The number of ether oxygens (including phenoxy) is 2. The minimum atomic E-state index is -0.369. The summed E-state index contributed by atoms with van der Waals surface area (Å²) in [5, 5.41) is 8.38. The SMILES string of the molecule is Cc1nn(-c2ccccc2)c(Oc2ccccc2Cl)c1CN(CC1CCCO1)C(=O)NC(C)(C)C. The molecule has 0 aliphatic carbocycles. The van der Waals surface area contributed by atoms with Gasteiger partial charge < -0.3 is 19.7 Å². The van der Waals surface area contributed by atoms with Gasteiger partial charge in [-0.1, -0.05) is 41.9 Å².